The highest BCUT2D eigenvalue weighted by Crippen LogP contribution is 2.26. The minimum atomic E-state index is -3.62. The summed E-state index contributed by atoms with van der Waals surface area (Å²) in [6.45, 7) is 1.20. The standard InChI is InChI=1S/C19H18N2O4S/c22-19(17-8-4-14-25-17)20-10-12-21(13-11-20)26(23,24)18-9-3-6-15-5-1-2-7-16(15)18/h1-9,14H,10-13H2. The maximum Gasteiger partial charge on any atom is 0.289 e. The number of carbonyl (C=O) groups excluding carboxylic acids is 1. The molecule has 2 aromatic carbocycles. The minimum Gasteiger partial charge on any atom is -0.459 e. The zero-order chi connectivity index (χ0) is 18.1. The van der Waals surface area contributed by atoms with Crippen LogP contribution in [0.25, 0.3) is 10.8 Å². The Labute approximate surface area is 151 Å². The first-order valence-electron chi connectivity index (χ1n) is 8.38. The monoisotopic (exact) mass is 370 g/mol. The molecule has 1 amide bonds. The Morgan fingerprint density at radius 3 is 2.35 bits per heavy atom. The van der Waals surface area contributed by atoms with Gasteiger partial charge in [0, 0.05) is 31.6 Å². The quantitative estimate of drug-likeness (QED) is 0.710. The van der Waals surface area contributed by atoms with Crippen molar-refractivity contribution in [3.63, 3.8) is 0 Å². The second kappa shape index (κ2) is 6.59. The molecule has 1 aliphatic rings. The fourth-order valence-electron chi connectivity index (χ4n) is 3.25. The van der Waals surface area contributed by atoms with Crippen LogP contribution in [-0.4, -0.2) is 49.7 Å². The molecular weight excluding hydrogens is 352 g/mol. The van der Waals surface area contributed by atoms with Crippen molar-refractivity contribution in [2.24, 2.45) is 0 Å². The molecule has 0 bridgehead atoms. The molecule has 0 N–H and O–H groups in total. The fourth-order valence-corrected chi connectivity index (χ4v) is 4.88. The molecule has 1 saturated heterocycles. The van der Waals surface area contributed by atoms with Crippen molar-refractivity contribution in [3.05, 3.63) is 66.6 Å². The molecule has 0 spiro atoms. The molecule has 26 heavy (non-hydrogen) atoms. The Morgan fingerprint density at radius 2 is 1.62 bits per heavy atom. The first-order valence-corrected chi connectivity index (χ1v) is 9.82. The van der Waals surface area contributed by atoms with Gasteiger partial charge in [-0.25, -0.2) is 8.42 Å². The van der Waals surface area contributed by atoms with Crippen LogP contribution in [0.1, 0.15) is 10.6 Å². The number of nitrogens with zero attached hydrogens (tertiary/aromatic N) is 2. The number of hydrogen-bond donors (Lipinski definition) is 0. The number of piperazine rings is 1. The summed E-state index contributed by atoms with van der Waals surface area (Å²) in [5.74, 6) is 0.0626. The van der Waals surface area contributed by atoms with Crippen molar-refractivity contribution < 1.29 is 17.6 Å². The summed E-state index contributed by atoms with van der Waals surface area (Å²) in [5.41, 5.74) is 0. The van der Waals surface area contributed by atoms with E-state index in [9.17, 15) is 13.2 Å². The molecular formula is C19H18N2O4S. The van der Waals surface area contributed by atoms with Gasteiger partial charge in [0.15, 0.2) is 5.76 Å². The van der Waals surface area contributed by atoms with E-state index in [2.05, 4.69) is 0 Å². The first kappa shape index (κ1) is 16.8. The molecule has 4 rings (SSSR count). The third kappa shape index (κ3) is 2.89. The third-order valence-electron chi connectivity index (χ3n) is 4.63. The number of rotatable bonds is 3. The average molecular weight is 370 g/mol. The van der Waals surface area contributed by atoms with Crippen LogP contribution in [0.2, 0.25) is 0 Å². The summed E-state index contributed by atoms with van der Waals surface area (Å²) >= 11 is 0. The number of carbonyl (C=O) groups is 1. The van der Waals surface area contributed by atoms with Crippen LogP contribution in [0, 0.1) is 0 Å². The highest BCUT2D eigenvalue weighted by Gasteiger charge is 2.31. The van der Waals surface area contributed by atoms with Gasteiger partial charge in [-0.05, 0) is 23.6 Å². The fraction of sp³-hybridized carbons (Fsp3) is 0.211. The summed E-state index contributed by atoms with van der Waals surface area (Å²) in [6, 6.07) is 16.0. The molecule has 0 radical (unpaired) electrons. The number of furan rings is 1. The zero-order valence-corrected chi connectivity index (χ0v) is 14.9. The Bertz CT molecular complexity index is 1030. The maximum absolute atomic E-state index is 13.1. The molecule has 2 heterocycles. The van der Waals surface area contributed by atoms with Crippen molar-refractivity contribution in [2.75, 3.05) is 26.2 Å². The summed E-state index contributed by atoms with van der Waals surface area (Å²) in [6.07, 6.45) is 1.45. The highest BCUT2D eigenvalue weighted by molar-refractivity contribution is 7.89. The van der Waals surface area contributed by atoms with Gasteiger partial charge < -0.3 is 9.32 Å². The highest BCUT2D eigenvalue weighted by atomic mass is 32.2. The number of sulfonamides is 1. The van der Waals surface area contributed by atoms with Gasteiger partial charge in [0.05, 0.1) is 11.2 Å². The Morgan fingerprint density at radius 1 is 0.885 bits per heavy atom. The molecule has 134 valence electrons. The largest absolute Gasteiger partial charge is 0.459 e. The normalized spacial score (nSPS) is 16.1. The van der Waals surface area contributed by atoms with Crippen LogP contribution in [0.3, 0.4) is 0 Å². The number of fused-ring (bicyclic) bond motifs is 1. The van der Waals surface area contributed by atoms with Crippen LogP contribution in [0.4, 0.5) is 0 Å². The second-order valence-corrected chi connectivity index (χ2v) is 8.06. The molecule has 0 aliphatic carbocycles. The predicted octanol–water partition coefficient (Wildman–Crippen LogP) is 2.58. The van der Waals surface area contributed by atoms with E-state index in [4.69, 9.17) is 4.42 Å². The smallest absolute Gasteiger partial charge is 0.289 e. The van der Waals surface area contributed by atoms with E-state index < -0.39 is 10.0 Å². The van der Waals surface area contributed by atoms with Crippen molar-refractivity contribution in [1.82, 2.24) is 9.21 Å². The van der Waals surface area contributed by atoms with Gasteiger partial charge in [0.25, 0.3) is 5.91 Å². The molecule has 1 fully saturated rings. The van der Waals surface area contributed by atoms with E-state index in [1.807, 2.05) is 30.3 Å². The lowest BCUT2D eigenvalue weighted by atomic mass is 10.1. The molecule has 0 saturated carbocycles. The minimum absolute atomic E-state index is 0.211. The SMILES string of the molecule is O=C(c1ccco1)N1CCN(S(=O)(=O)c2cccc3ccccc23)CC1. The molecule has 6 nitrogen and oxygen atoms in total. The van der Waals surface area contributed by atoms with Crippen molar-refractivity contribution >= 4 is 26.7 Å². The number of benzene rings is 2. The van der Waals surface area contributed by atoms with E-state index in [-0.39, 0.29) is 24.8 Å². The van der Waals surface area contributed by atoms with Crippen molar-refractivity contribution in [3.8, 4) is 0 Å². The van der Waals surface area contributed by atoms with Crippen molar-refractivity contribution in [2.45, 2.75) is 4.90 Å². The van der Waals surface area contributed by atoms with Gasteiger partial charge in [0.1, 0.15) is 0 Å². The molecule has 0 atom stereocenters. The van der Waals surface area contributed by atoms with Crippen molar-refractivity contribution in [1.29, 1.82) is 0 Å². The third-order valence-corrected chi connectivity index (χ3v) is 6.58. The van der Waals surface area contributed by atoms with Crippen LogP contribution in [0.5, 0.6) is 0 Å². The van der Waals surface area contributed by atoms with Gasteiger partial charge in [-0.1, -0.05) is 36.4 Å². The zero-order valence-electron chi connectivity index (χ0n) is 14.0. The Balaban J connectivity index is 1.56. The molecule has 1 aromatic heterocycles. The molecule has 0 unspecified atom stereocenters. The molecule has 3 aromatic rings. The maximum atomic E-state index is 13.1. The van der Waals surface area contributed by atoms with Gasteiger partial charge in [0.2, 0.25) is 10.0 Å². The topological polar surface area (TPSA) is 70.8 Å². The summed E-state index contributed by atoms with van der Waals surface area (Å²) in [4.78, 5) is 14.3. The van der Waals surface area contributed by atoms with E-state index in [0.717, 1.165) is 5.39 Å². The van der Waals surface area contributed by atoms with Gasteiger partial charge in [-0.2, -0.15) is 4.31 Å². The summed E-state index contributed by atoms with van der Waals surface area (Å²) < 4.78 is 32.8. The summed E-state index contributed by atoms with van der Waals surface area (Å²) in [5, 5.41) is 1.60. The van der Waals surface area contributed by atoms with Crippen LogP contribution < -0.4 is 0 Å². The first-order chi connectivity index (χ1) is 12.6. The lowest BCUT2D eigenvalue weighted by Crippen LogP contribution is -2.50. The van der Waals surface area contributed by atoms with E-state index in [1.165, 1.54) is 10.6 Å². The second-order valence-electron chi connectivity index (χ2n) is 6.15. The Kier molecular flexibility index (Phi) is 4.26. The predicted molar refractivity (Wildman–Crippen MR) is 97.3 cm³/mol. The number of hydrogen-bond acceptors (Lipinski definition) is 4. The van der Waals surface area contributed by atoms with E-state index in [1.54, 1.807) is 29.2 Å². The average Bonchev–Trinajstić information content (AvgIpc) is 3.22. The van der Waals surface area contributed by atoms with Crippen LogP contribution in [0.15, 0.2) is 70.2 Å². The molecule has 7 heteroatoms. The lowest BCUT2D eigenvalue weighted by molar-refractivity contribution is 0.0666. The van der Waals surface area contributed by atoms with Gasteiger partial charge in [-0.3, -0.25) is 4.79 Å². The van der Waals surface area contributed by atoms with Crippen LogP contribution in [-0.2, 0) is 10.0 Å². The van der Waals surface area contributed by atoms with E-state index >= 15 is 0 Å². The van der Waals surface area contributed by atoms with E-state index in [0.29, 0.717) is 23.4 Å². The van der Waals surface area contributed by atoms with Gasteiger partial charge in [-0.15, -0.1) is 0 Å². The Hall–Kier alpha value is -2.64. The van der Waals surface area contributed by atoms with Gasteiger partial charge >= 0.3 is 0 Å². The summed E-state index contributed by atoms with van der Waals surface area (Å²) in [7, 11) is -3.62. The van der Waals surface area contributed by atoms with Crippen LogP contribution >= 0.6 is 0 Å². The molecule has 1 aliphatic heterocycles. The lowest BCUT2D eigenvalue weighted by Gasteiger charge is -2.33. The number of amides is 1.